The van der Waals surface area contributed by atoms with Crippen molar-refractivity contribution in [3.63, 3.8) is 0 Å². The largest absolute Gasteiger partial charge is 0.393 e. The van der Waals surface area contributed by atoms with Crippen molar-refractivity contribution in [2.24, 2.45) is 5.92 Å². The van der Waals surface area contributed by atoms with Crippen molar-refractivity contribution < 1.29 is 5.11 Å². The lowest BCUT2D eigenvalue weighted by Crippen LogP contribution is -2.49. The van der Waals surface area contributed by atoms with Crippen molar-refractivity contribution in [1.29, 1.82) is 0 Å². The van der Waals surface area contributed by atoms with Crippen LogP contribution < -0.4 is 5.32 Å². The van der Waals surface area contributed by atoms with Gasteiger partial charge >= 0.3 is 0 Å². The van der Waals surface area contributed by atoms with Crippen LogP contribution in [0.4, 0.5) is 0 Å². The molecule has 1 aliphatic carbocycles. The quantitative estimate of drug-likeness (QED) is 0.544. The van der Waals surface area contributed by atoms with Gasteiger partial charge in [-0.15, -0.1) is 0 Å². The first kappa shape index (κ1) is 7.56. The molecule has 1 unspecified atom stereocenters. The molecule has 11 heavy (non-hydrogen) atoms. The highest BCUT2D eigenvalue weighted by molar-refractivity contribution is 4.89. The van der Waals surface area contributed by atoms with Crippen LogP contribution in [0.5, 0.6) is 0 Å². The molecule has 1 saturated heterocycles. The average Bonchev–Trinajstić information content (AvgIpc) is 2.06. The highest BCUT2D eigenvalue weighted by Crippen LogP contribution is 2.30. The molecule has 2 aliphatic rings. The Morgan fingerprint density at radius 2 is 1.91 bits per heavy atom. The van der Waals surface area contributed by atoms with E-state index in [0.717, 1.165) is 13.0 Å². The lowest BCUT2D eigenvalue weighted by Gasteiger charge is -2.39. The van der Waals surface area contributed by atoms with E-state index in [1.54, 1.807) is 0 Å². The van der Waals surface area contributed by atoms with E-state index in [9.17, 15) is 5.11 Å². The standard InChI is InChI=1S/C9H17NO/c11-9-5-6-10-8-4-2-1-3-7(8)9/h7-11H,1-6H2/t7-,8-,9?/m0/s1. The summed E-state index contributed by atoms with van der Waals surface area (Å²) in [5.74, 6) is 0.567. The van der Waals surface area contributed by atoms with Gasteiger partial charge in [0.2, 0.25) is 0 Å². The van der Waals surface area contributed by atoms with Crippen molar-refractivity contribution in [1.82, 2.24) is 5.32 Å². The fraction of sp³-hybridized carbons (Fsp3) is 1.00. The van der Waals surface area contributed by atoms with E-state index >= 15 is 0 Å². The molecule has 1 aliphatic heterocycles. The van der Waals surface area contributed by atoms with E-state index in [0.29, 0.717) is 12.0 Å². The van der Waals surface area contributed by atoms with E-state index in [-0.39, 0.29) is 6.10 Å². The maximum absolute atomic E-state index is 9.66. The minimum absolute atomic E-state index is 0.0125. The van der Waals surface area contributed by atoms with Crippen LogP contribution in [-0.4, -0.2) is 23.8 Å². The summed E-state index contributed by atoms with van der Waals surface area (Å²) < 4.78 is 0. The molecule has 0 radical (unpaired) electrons. The monoisotopic (exact) mass is 155 g/mol. The van der Waals surface area contributed by atoms with E-state index in [1.807, 2.05) is 0 Å². The fourth-order valence-electron chi connectivity index (χ4n) is 2.50. The molecule has 2 fully saturated rings. The van der Waals surface area contributed by atoms with Crippen molar-refractivity contribution in [3.05, 3.63) is 0 Å². The zero-order valence-electron chi connectivity index (χ0n) is 6.92. The Labute approximate surface area is 68.0 Å². The highest BCUT2D eigenvalue weighted by Gasteiger charge is 2.33. The number of rotatable bonds is 0. The minimum Gasteiger partial charge on any atom is -0.393 e. The molecule has 2 nitrogen and oxygen atoms in total. The van der Waals surface area contributed by atoms with Crippen LogP contribution in [-0.2, 0) is 0 Å². The topological polar surface area (TPSA) is 32.3 Å². The van der Waals surface area contributed by atoms with Gasteiger partial charge in [0, 0.05) is 12.0 Å². The molecule has 0 amide bonds. The van der Waals surface area contributed by atoms with Crippen LogP contribution in [0.1, 0.15) is 32.1 Å². The summed E-state index contributed by atoms with van der Waals surface area (Å²) in [6, 6.07) is 0.632. The molecule has 0 aromatic heterocycles. The molecule has 64 valence electrons. The molecule has 0 bridgehead atoms. The molecule has 2 N–H and O–H groups in total. The molecular weight excluding hydrogens is 138 g/mol. The second-order valence-electron chi connectivity index (χ2n) is 3.86. The zero-order valence-corrected chi connectivity index (χ0v) is 6.92. The first-order valence-corrected chi connectivity index (χ1v) is 4.79. The molecule has 0 aromatic carbocycles. The molecule has 2 rings (SSSR count). The van der Waals surface area contributed by atoms with Gasteiger partial charge < -0.3 is 10.4 Å². The van der Waals surface area contributed by atoms with Crippen molar-refractivity contribution in [2.45, 2.75) is 44.2 Å². The highest BCUT2D eigenvalue weighted by atomic mass is 16.3. The third-order valence-electron chi connectivity index (χ3n) is 3.16. The van der Waals surface area contributed by atoms with Crippen molar-refractivity contribution in [3.8, 4) is 0 Å². The summed E-state index contributed by atoms with van der Waals surface area (Å²) >= 11 is 0. The van der Waals surface area contributed by atoms with Crippen LogP contribution in [0.15, 0.2) is 0 Å². The molecule has 3 atom stereocenters. The van der Waals surface area contributed by atoms with Crippen LogP contribution in [0.25, 0.3) is 0 Å². The predicted molar refractivity (Wildman–Crippen MR) is 44.4 cm³/mol. The Kier molecular flexibility index (Phi) is 2.14. The van der Waals surface area contributed by atoms with Gasteiger partial charge in [0.1, 0.15) is 0 Å². The molecule has 2 heteroatoms. The summed E-state index contributed by atoms with van der Waals surface area (Å²) in [5, 5.41) is 13.2. The van der Waals surface area contributed by atoms with Gasteiger partial charge in [-0.2, -0.15) is 0 Å². The Morgan fingerprint density at radius 3 is 2.73 bits per heavy atom. The fourth-order valence-corrected chi connectivity index (χ4v) is 2.50. The molecule has 1 heterocycles. The lowest BCUT2D eigenvalue weighted by molar-refractivity contribution is 0.0317. The summed E-state index contributed by atoms with van der Waals surface area (Å²) in [6.45, 7) is 1.02. The third kappa shape index (κ3) is 1.42. The van der Waals surface area contributed by atoms with Gasteiger partial charge in [-0.1, -0.05) is 12.8 Å². The molecular formula is C9H17NO. The summed E-state index contributed by atoms with van der Waals surface area (Å²) in [4.78, 5) is 0. The van der Waals surface area contributed by atoms with E-state index in [2.05, 4.69) is 5.32 Å². The Bertz CT molecular complexity index is 136. The summed E-state index contributed by atoms with van der Waals surface area (Å²) in [5.41, 5.74) is 0. The Hall–Kier alpha value is -0.0800. The van der Waals surface area contributed by atoms with Gasteiger partial charge in [-0.3, -0.25) is 0 Å². The maximum Gasteiger partial charge on any atom is 0.0595 e. The van der Waals surface area contributed by atoms with Crippen LogP contribution in [0.3, 0.4) is 0 Å². The Balaban J connectivity index is 1.99. The van der Waals surface area contributed by atoms with Gasteiger partial charge in [-0.25, -0.2) is 0 Å². The van der Waals surface area contributed by atoms with Crippen LogP contribution in [0.2, 0.25) is 0 Å². The third-order valence-corrected chi connectivity index (χ3v) is 3.16. The van der Waals surface area contributed by atoms with Gasteiger partial charge in [-0.05, 0) is 25.8 Å². The van der Waals surface area contributed by atoms with E-state index < -0.39 is 0 Å². The van der Waals surface area contributed by atoms with Gasteiger partial charge in [0.05, 0.1) is 6.10 Å². The number of nitrogens with one attached hydrogen (secondary N) is 1. The SMILES string of the molecule is OC1CCN[C@H]2CCCC[C@H]12. The smallest absolute Gasteiger partial charge is 0.0595 e. The number of piperidine rings is 1. The first-order chi connectivity index (χ1) is 5.38. The number of aliphatic hydroxyl groups is 1. The molecule has 0 spiro atoms. The predicted octanol–water partition coefficient (Wildman–Crippen LogP) is 0.899. The lowest BCUT2D eigenvalue weighted by atomic mass is 9.78. The van der Waals surface area contributed by atoms with E-state index in [4.69, 9.17) is 0 Å². The van der Waals surface area contributed by atoms with Crippen molar-refractivity contribution in [2.75, 3.05) is 6.54 Å². The van der Waals surface area contributed by atoms with Crippen molar-refractivity contribution >= 4 is 0 Å². The number of hydrogen-bond acceptors (Lipinski definition) is 2. The molecule has 0 aromatic rings. The number of fused-ring (bicyclic) bond motifs is 1. The number of aliphatic hydroxyl groups excluding tert-OH is 1. The minimum atomic E-state index is -0.0125. The second kappa shape index (κ2) is 3.11. The normalized spacial score (nSPS) is 45.0. The summed E-state index contributed by atoms with van der Waals surface area (Å²) in [6.07, 6.45) is 6.13. The van der Waals surface area contributed by atoms with E-state index in [1.165, 1.54) is 25.7 Å². The first-order valence-electron chi connectivity index (χ1n) is 4.79. The van der Waals surface area contributed by atoms with Gasteiger partial charge in [0.25, 0.3) is 0 Å². The zero-order chi connectivity index (χ0) is 7.68. The average molecular weight is 155 g/mol. The van der Waals surface area contributed by atoms with Crippen LogP contribution in [0, 0.1) is 5.92 Å². The molecule has 1 saturated carbocycles. The summed E-state index contributed by atoms with van der Waals surface area (Å²) in [7, 11) is 0. The van der Waals surface area contributed by atoms with Crippen LogP contribution >= 0.6 is 0 Å². The maximum atomic E-state index is 9.66. The number of hydrogen-bond donors (Lipinski definition) is 2. The Morgan fingerprint density at radius 1 is 1.09 bits per heavy atom. The van der Waals surface area contributed by atoms with Gasteiger partial charge in [0.15, 0.2) is 0 Å². The second-order valence-corrected chi connectivity index (χ2v) is 3.86.